The van der Waals surface area contributed by atoms with Gasteiger partial charge >= 0.3 is 0 Å². The third kappa shape index (κ3) is 5.72. The maximum absolute atomic E-state index is 6.21. The molecule has 1 aromatic rings. The largest absolute Gasteiger partial charge is 0.297 e. The third-order valence-electron chi connectivity index (χ3n) is 6.22. The molecule has 28 heavy (non-hydrogen) atoms. The van der Waals surface area contributed by atoms with E-state index in [1.807, 2.05) is 0 Å². The second-order valence-corrected chi connectivity index (χ2v) is 8.50. The van der Waals surface area contributed by atoms with Crippen LogP contribution in [0.5, 0.6) is 0 Å². The van der Waals surface area contributed by atoms with E-state index in [4.69, 9.17) is 11.6 Å². The average Bonchev–Trinajstić information content (AvgIpc) is 2.71. The summed E-state index contributed by atoms with van der Waals surface area (Å²) in [6, 6.07) is 9.31. The predicted octanol–water partition coefficient (Wildman–Crippen LogP) is 6.66. The lowest BCUT2D eigenvalue weighted by molar-refractivity contribution is 0.0257. The summed E-state index contributed by atoms with van der Waals surface area (Å²) in [5.41, 5.74) is 1.54. The first-order valence-electron chi connectivity index (χ1n) is 11.1. The summed E-state index contributed by atoms with van der Waals surface area (Å²) >= 11 is 6.21. The summed E-state index contributed by atoms with van der Waals surface area (Å²) in [6.45, 7) is 15.0. The molecule has 2 nitrogen and oxygen atoms in total. The first kappa shape index (κ1) is 23.2. The Morgan fingerprint density at radius 3 is 2.25 bits per heavy atom. The molecule has 0 aromatic heterocycles. The van der Waals surface area contributed by atoms with Crippen molar-refractivity contribution in [2.75, 3.05) is 26.2 Å². The van der Waals surface area contributed by atoms with Crippen LogP contribution < -0.4 is 0 Å². The van der Waals surface area contributed by atoms with Crippen LogP contribution in [0.2, 0.25) is 5.02 Å². The van der Waals surface area contributed by atoms with Crippen LogP contribution in [-0.4, -0.2) is 42.0 Å². The summed E-state index contributed by atoms with van der Waals surface area (Å²) in [6.07, 6.45) is 13.8. The highest BCUT2D eigenvalue weighted by atomic mass is 35.5. The molecular weight excluding hydrogens is 364 g/mol. The highest BCUT2D eigenvalue weighted by molar-refractivity contribution is 6.30. The summed E-state index contributed by atoms with van der Waals surface area (Å²) in [5.74, 6) is 0. The Labute approximate surface area is 178 Å². The van der Waals surface area contributed by atoms with Crippen LogP contribution >= 0.6 is 11.6 Å². The zero-order valence-corrected chi connectivity index (χ0v) is 18.9. The Balaban J connectivity index is 2.30. The van der Waals surface area contributed by atoms with Gasteiger partial charge in [0.2, 0.25) is 0 Å². The molecule has 0 saturated heterocycles. The van der Waals surface area contributed by atoms with E-state index >= 15 is 0 Å². The van der Waals surface area contributed by atoms with E-state index in [1.165, 1.54) is 50.6 Å². The molecule has 1 aliphatic rings. The summed E-state index contributed by atoms with van der Waals surface area (Å²) < 4.78 is 0. The van der Waals surface area contributed by atoms with Gasteiger partial charge in [-0.05, 0) is 76.2 Å². The summed E-state index contributed by atoms with van der Waals surface area (Å²) in [5, 5.41) is 0.822. The number of nitrogens with zero attached hydrogens (tertiary/aromatic N) is 2. The van der Waals surface area contributed by atoms with E-state index in [9.17, 15) is 0 Å². The molecule has 0 heterocycles. The van der Waals surface area contributed by atoms with Gasteiger partial charge in [-0.15, -0.1) is 6.58 Å². The van der Waals surface area contributed by atoms with Crippen LogP contribution in [0.25, 0.3) is 0 Å². The normalized spacial score (nSPS) is 23.0. The second kappa shape index (κ2) is 11.8. The third-order valence-corrected chi connectivity index (χ3v) is 6.47. The molecule has 1 saturated carbocycles. The van der Waals surface area contributed by atoms with E-state index in [-0.39, 0.29) is 5.54 Å². The molecule has 0 N–H and O–H groups in total. The zero-order chi connectivity index (χ0) is 20.4. The Hall–Kier alpha value is -1.09. The highest BCUT2D eigenvalue weighted by Gasteiger charge is 2.41. The van der Waals surface area contributed by atoms with Gasteiger partial charge in [0, 0.05) is 29.7 Å². The zero-order valence-electron chi connectivity index (χ0n) is 18.2. The molecule has 3 heteroatoms. The van der Waals surface area contributed by atoms with Gasteiger partial charge in [0.25, 0.3) is 0 Å². The van der Waals surface area contributed by atoms with E-state index < -0.39 is 0 Å². The topological polar surface area (TPSA) is 6.48 Å². The van der Waals surface area contributed by atoms with Crippen molar-refractivity contribution >= 4 is 11.6 Å². The van der Waals surface area contributed by atoms with Crippen LogP contribution in [-0.2, 0) is 5.54 Å². The van der Waals surface area contributed by atoms with Crippen molar-refractivity contribution in [1.82, 2.24) is 9.80 Å². The van der Waals surface area contributed by atoms with Crippen LogP contribution in [0.15, 0.2) is 49.1 Å². The lowest BCUT2D eigenvalue weighted by Gasteiger charge is -2.50. The predicted molar refractivity (Wildman–Crippen MR) is 124 cm³/mol. The quantitative estimate of drug-likeness (QED) is 0.381. The van der Waals surface area contributed by atoms with E-state index in [0.717, 1.165) is 24.7 Å². The molecule has 1 aliphatic carbocycles. The standard InChI is InChI=1S/C25H39ClN2/c1-5-9-21-28(20-8-4)25(22-10-12-23(26)13-11-22)16-14-24(15-17-25)27(18-6-2)19-7-3/h5-6,9-13,24H,2,7-8,14-21H2,1,3-4H3. The van der Waals surface area contributed by atoms with Crippen molar-refractivity contribution in [2.45, 2.75) is 70.9 Å². The fourth-order valence-corrected chi connectivity index (χ4v) is 4.98. The van der Waals surface area contributed by atoms with Gasteiger partial charge in [-0.3, -0.25) is 9.80 Å². The fraction of sp³-hybridized carbons (Fsp3) is 0.600. The molecule has 0 atom stereocenters. The van der Waals surface area contributed by atoms with Gasteiger partial charge < -0.3 is 0 Å². The number of hydrogen-bond donors (Lipinski definition) is 0. The highest BCUT2D eigenvalue weighted by Crippen LogP contribution is 2.44. The van der Waals surface area contributed by atoms with Gasteiger partial charge in [0.15, 0.2) is 0 Å². The number of allylic oxidation sites excluding steroid dienone is 1. The lowest BCUT2D eigenvalue weighted by atomic mass is 9.73. The van der Waals surface area contributed by atoms with Crippen molar-refractivity contribution in [1.29, 1.82) is 0 Å². The number of halogens is 1. The minimum absolute atomic E-state index is 0.114. The maximum Gasteiger partial charge on any atom is 0.0465 e. The van der Waals surface area contributed by atoms with Gasteiger partial charge in [-0.25, -0.2) is 0 Å². The van der Waals surface area contributed by atoms with Crippen molar-refractivity contribution in [3.05, 3.63) is 59.7 Å². The Morgan fingerprint density at radius 2 is 1.71 bits per heavy atom. The van der Waals surface area contributed by atoms with Gasteiger partial charge in [0.1, 0.15) is 0 Å². The molecule has 1 aromatic carbocycles. The molecule has 0 spiro atoms. The van der Waals surface area contributed by atoms with Crippen molar-refractivity contribution in [3.8, 4) is 0 Å². The molecule has 2 rings (SSSR count). The summed E-state index contributed by atoms with van der Waals surface area (Å²) in [7, 11) is 0. The maximum atomic E-state index is 6.21. The van der Waals surface area contributed by atoms with Crippen molar-refractivity contribution in [3.63, 3.8) is 0 Å². The Bertz CT molecular complexity index is 599. The van der Waals surface area contributed by atoms with E-state index in [1.54, 1.807) is 0 Å². The first-order valence-corrected chi connectivity index (χ1v) is 11.5. The number of rotatable bonds is 11. The molecule has 0 bridgehead atoms. The monoisotopic (exact) mass is 402 g/mol. The average molecular weight is 403 g/mol. The second-order valence-electron chi connectivity index (χ2n) is 8.07. The van der Waals surface area contributed by atoms with Crippen LogP contribution in [0.4, 0.5) is 0 Å². The summed E-state index contributed by atoms with van der Waals surface area (Å²) in [4.78, 5) is 5.35. The molecule has 0 aliphatic heterocycles. The first-order chi connectivity index (χ1) is 13.6. The van der Waals surface area contributed by atoms with Gasteiger partial charge in [0.05, 0.1) is 0 Å². The smallest absolute Gasteiger partial charge is 0.0465 e. The lowest BCUT2D eigenvalue weighted by Crippen LogP contribution is -2.52. The van der Waals surface area contributed by atoms with Crippen LogP contribution in [0.1, 0.15) is 64.9 Å². The Morgan fingerprint density at radius 1 is 1.07 bits per heavy atom. The number of hydrogen-bond acceptors (Lipinski definition) is 2. The fourth-order valence-electron chi connectivity index (χ4n) is 4.85. The minimum Gasteiger partial charge on any atom is -0.297 e. The molecule has 0 amide bonds. The van der Waals surface area contributed by atoms with Crippen LogP contribution in [0, 0.1) is 0 Å². The molecule has 1 fully saturated rings. The van der Waals surface area contributed by atoms with Crippen molar-refractivity contribution in [2.24, 2.45) is 0 Å². The molecular formula is C25H39ClN2. The molecule has 0 unspecified atom stereocenters. The van der Waals surface area contributed by atoms with E-state index in [2.05, 4.69) is 79.6 Å². The van der Waals surface area contributed by atoms with Crippen LogP contribution in [0.3, 0.4) is 0 Å². The van der Waals surface area contributed by atoms with E-state index in [0.29, 0.717) is 6.04 Å². The van der Waals surface area contributed by atoms with Gasteiger partial charge in [-0.2, -0.15) is 0 Å². The number of benzene rings is 1. The Kier molecular flexibility index (Phi) is 9.77. The van der Waals surface area contributed by atoms with Crippen molar-refractivity contribution < 1.29 is 0 Å². The SMILES string of the molecule is C=CCN(CCC)C1CCC(c2ccc(Cl)cc2)(N(CC=CC)CCC)CC1. The minimum atomic E-state index is 0.114. The van der Waals surface area contributed by atoms with Gasteiger partial charge in [-0.1, -0.05) is 55.8 Å². The molecule has 0 radical (unpaired) electrons. The molecule has 156 valence electrons.